The van der Waals surface area contributed by atoms with Crippen molar-refractivity contribution in [2.45, 2.75) is 25.8 Å². The van der Waals surface area contributed by atoms with E-state index in [1.807, 2.05) is 12.1 Å². The van der Waals surface area contributed by atoms with Crippen molar-refractivity contribution in [3.8, 4) is 5.75 Å². The van der Waals surface area contributed by atoms with Crippen LogP contribution in [-0.2, 0) is 6.54 Å². The fourth-order valence-corrected chi connectivity index (χ4v) is 2.75. The largest absolute Gasteiger partial charge is 0.494 e. The van der Waals surface area contributed by atoms with Crippen molar-refractivity contribution in [2.24, 2.45) is 11.7 Å². The van der Waals surface area contributed by atoms with Crippen molar-refractivity contribution in [2.75, 3.05) is 26.7 Å². The molecule has 106 valence electrons. The molecule has 0 radical (unpaired) electrons. The predicted molar refractivity (Wildman–Crippen MR) is 74.6 cm³/mol. The van der Waals surface area contributed by atoms with E-state index < -0.39 is 0 Å². The van der Waals surface area contributed by atoms with Crippen LogP contribution in [0, 0.1) is 11.7 Å². The fourth-order valence-electron chi connectivity index (χ4n) is 2.75. The van der Waals surface area contributed by atoms with Gasteiger partial charge in [0.1, 0.15) is 0 Å². The topological polar surface area (TPSA) is 38.5 Å². The minimum atomic E-state index is -0.228. The number of likely N-dealkylation sites (tertiary alicyclic amines) is 1. The Morgan fingerprint density at radius 1 is 1.37 bits per heavy atom. The zero-order valence-corrected chi connectivity index (χ0v) is 11.6. The molecule has 1 aromatic carbocycles. The highest BCUT2D eigenvalue weighted by Gasteiger charge is 2.20. The fraction of sp³-hybridized carbons (Fsp3) is 0.600. The number of piperidine rings is 1. The molecule has 1 aliphatic rings. The van der Waals surface area contributed by atoms with Gasteiger partial charge in [0, 0.05) is 12.1 Å². The molecule has 4 heteroatoms. The molecule has 0 aliphatic carbocycles. The van der Waals surface area contributed by atoms with E-state index in [2.05, 4.69) is 4.90 Å². The Kier molecular flexibility index (Phi) is 5.16. The Morgan fingerprint density at radius 3 is 2.74 bits per heavy atom. The smallest absolute Gasteiger partial charge is 0.169 e. The van der Waals surface area contributed by atoms with E-state index in [4.69, 9.17) is 10.5 Å². The number of benzene rings is 1. The van der Waals surface area contributed by atoms with Crippen LogP contribution >= 0.6 is 0 Å². The maximum absolute atomic E-state index is 14.1. The first-order valence-electron chi connectivity index (χ1n) is 6.98. The Morgan fingerprint density at radius 2 is 2.11 bits per heavy atom. The summed E-state index contributed by atoms with van der Waals surface area (Å²) in [5, 5.41) is 0. The lowest BCUT2D eigenvalue weighted by atomic mass is 9.93. The molecular formula is C15H23FN2O. The molecule has 0 unspecified atom stereocenters. The summed E-state index contributed by atoms with van der Waals surface area (Å²) in [5.74, 6) is 0.848. The second-order valence-electron chi connectivity index (χ2n) is 5.23. The van der Waals surface area contributed by atoms with Crippen LogP contribution in [-0.4, -0.2) is 31.6 Å². The van der Waals surface area contributed by atoms with E-state index in [-0.39, 0.29) is 5.82 Å². The molecule has 2 N–H and O–H groups in total. The Balaban J connectivity index is 1.92. The summed E-state index contributed by atoms with van der Waals surface area (Å²) in [4.78, 5) is 2.31. The number of ether oxygens (including phenoxy) is 1. The third kappa shape index (κ3) is 3.67. The predicted octanol–water partition coefficient (Wildman–Crippen LogP) is 2.40. The van der Waals surface area contributed by atoms with Gasteiger partial charge in [-0.05, 0) is 50.9 Å². The monoisotopic (exact) mass is 266 g/mol. The van der Waals surface area contributed by atoms with Gasteiger partial charge in [0.2, 0.25) is 0 Å². The minimum Gasteiger partial charge on any atom is -0.494 e. The van der Waals surface area contributed by atoms with Gasteiger partial charge in [0.05, 0.1) is 7.11 Å². The van der Waals surface area contributed by atoms with Gasteiger partial charge >= 0.3 is 0 Å². The second-order valence-corrected chi connectivity index (χ2v) is 5.23. The van der Waals surface area contributed by atoms with Gasteiger partial charge in [-0.25, -0.2) is 4.39 Å². The first-order valence-corrected chi connectivity index (χ1v) is 6.98. The zero-order valence-electron chi connectivity index (χ0n) is 11.6. The van der Waals surface area contributed by atoms with Gasteiger partial charge in [-0.1, -0.05) is 12.1 Å². The summed E-state index contributed by atoms with van der Waals surface area (Å²) < 4.78 is 19.1. The van der Waals surface area contributed by atoms with Gasteiger partial charge in [0.15, 0.2) is 11.6 Å². The zero-order chi connectivity index (χ0) is 13.7. The Hall–Kier alpha value is -1.13. The van der Waals surface area contributed by atoms with Gasteiger partial charge < -0.3 is 10.5 Å². The van der Waals surface area contributed by atoms with E-state index in [0.29, 0.717) is 12.3 Å². The third-order valence-electron chi connectivity index (χ3n) is 3.94. The van der Waals surface area contributed by atoms with Crippen LogP contribution in [0.3, 0.4) is 0 Å². The summed E-state index contributed by atoms with van der Waals surface area (Å²) in [5.41, 5.74) is 6.31. The summed E-state index contributed by atoms with van der Waals surface area (Å²) in [6, 6.07) is 5.34. The van der Waals surface area contributed by atoms with Crippen LogP contribution in [0.15, 0.2) is 18.2 Å². The highest BCUT2D eigenvalue weighted by atomic mass is 19.1. The van der Waals surface area contributed by atoms with Gasteiger partial charge in [0.25, 0.3) is 0 Å². The van der Waals surface area contributed by atoms with E-state index in [0.717, 1.165) is 37.5 Å². The second kappa shape index (κ2) is 6.87. The number of methoxy groups -OCH3 is 1. The molecule has 0 spiro atoms. The maximum atomic E-state index is 14.1. The molecule has 0 bridgehead atoms. The van der Waals surface area contributed by atoms with Crippen LogP contribution in [0.4, 0.5) is 4.39 Å². The SMILES string of the molecule is COc1cccc(CN2CCC(CCN)CC2)c1F. The highest BCUT2D eigenvalue weighted by molar-refractivity contribution is 5.31. The van der Waals surface area contributed by atoms with Gasteiger partial charge in [-0.3, -0.25) is 4.90 Å². The maximum Gasteiger partial charge on any atom is 0.169 e. The number of rotatable bonds is 5. The van der Waals surface area contributed by atoms with E-state index in [1.54, 1.807) is 6.07 Å². The lowest BCUT2D eigenvalue weighted by Crippen LogP contribution is -2.34. The average molecular weight is 266 g/mol. The number of hydrogen-bond acceptors (Lipinski definition) is 3. The normalized spacial score (nSPS) is 17.6. The molecule has 3 nitrogen and oxygen atoms in total. The quantitative estimate of drug-likeness (QED) is 0.889. The molecule has 0 atom stereocenters. The van der Waals surface area contributed by atoms with Gasteiger partial charge in [-0.15, -0.1) is 0 Å². The molecule has 1 aromatic rings. The molecular weight excluding hydrogens is 243 g/mol. The highest BCUT2D eigenvalue weighted by Crippen LogP contribution is 2.24. The summed E-state index contributed by atoms with van der Waals surface area (Å²) in [7, 11) is 1.50. The van der Waals surface area contributed by atoms with Crippen molar-refractivity contribution in [1.29, 1.82) is 0 Å². The summed E-state index contributed by atoms with van der Waals surface area (Å²) in [6.45, 7) is 3.50. The molecule has 1 saturated heterocycles. The van der Waals surface area contributed by atoms with Crippen LogP contribution in [0.25, 0.3) is 0 Å². The van der Waals surface area contributed by atoms with Crippen molar-refractivity contribution in [1.82, 2.24) is 4.90 Å². The molecule has 1 heterocycles. The summed E-state index contributed by atoms with van der Waals surface area (Å²) in [6.07, 6.45) is 3.45. The molecule has 19 heavy (non-hydrogen) atoms. The van der Waals surface area contributed by atoms with Crippen molar-refractivity contribution < 1.29 is 9.13 Å². The van der Waals surface area contributed by atoms with E-state index in [1.165, 1.54) is 20.0 Å². The molecule has 0 amide bonds. The third-order valence-corrected chi connectivity index (χ3v) is 3.94. The number of hydrogen-bond donors (Lipinski definition) is 1. The average Bonchev–Trinajstić information content (AvgIpc) is 2.43. The Bertz CT molecular complexity index is 403. The van der Waals surface area contributed by atoms with Crippen LogP contribution in [0.1, 0.15) is 24.8 Å². The number of nitrogens with zero attached hydrogens (tertiary/aromatic N) is 1. The van der Waals surface area contributed by atoms with E-state index >= 15 is 0 Å². The molecule has 2 rings (SSSR count). The van der Waals surface area contributed by atoms with Crippen molar-refractivity contribution >= 4 is 0 Å². The van der Waals surface area contributed by atoms with Crippen LogP contribution in [0.5, 0.6) is 5.75 Å². The van der Waals surface area contributed by atoms with Crippen molar-refractivity contribution in [3.63, 3.8) is 0 Å². The standard InChI is InChI=1S/C15H23FN2O/c1-19-14-4-2-3-13(15(14)16)11-18-9-6-12(5-8-17)7-10-18/h2-4,12H,5-11,17H2,1H3. The van der Waals surface area contributed by atoms with Crippen molar-refractivity contribution in [3.05, 3.63) is 29.6 Å². The minimum absolute atomic E-state index is 0.228. The lowest BCUT2D eigenvalue weighted by molar-refractivity contribution is 0.171. The summed E-state index contributed by atoms with van der Waals surface area (Å²) >= 11 is 0. The lowest BCUT2D eigenvalue weighted by Gasteiger charge is -2.31. The van der Waals surface area contributed by atoms with Crippen LogP contribution < -0.4 is 10.5 Å². The molecule has 1 aliphatic heterocycles. The molecule has 0 saturated carbocycles. The first-order chi connectivity index (χ1) is 9.24. The molecule has 1 fully saturated rings. The number of nitrogens with two attached hydrogens (primary N) is 1. The van der Waals surface area contributed by atoms with E-state index in [9.17, 15) is 4.39 Å². The van der Waals surface area contributed by atoms with Crippen LogP contribution in [0.2, 0.25) is 0 Å². The number of halogens is 1. The Labute approximate surface area is 114 Å². The van der Waals surface area contributed by atoms with Gasteiger partial charge in [-0.2, -0.15) is 0 Å². The first kappa shape index (κ1) is 14.3. The molecule has 0 aromatic heterocycles.